The molecule has 12 aromatic rings. The van der Waals surface area contributed by atoms with Crippen LogP contribution in [0.15, 0.2) is 265 Å². The average molecular weight is 890 g/mol. The summed E-state index contributed by atoms with van der Waals surface area (Å²) in [5.74, 6) is 0. The van der Waals surface area contributed by atoms with E-state index in [0.717, 1.165) is 44.6 Å². The van der Waals surface area contributed by atoms with Gasteiger partial charge in [-0.3, -0.25) is 0 Å². The van der Waals surface area contributed by atoms with Crippen LogP contribution in [0.25, 0.3) is 66.4 Å². The molecular weight excluding hydrogens is 847 g/mol. The first kappa shape index (κ1) is 39.1. The Morgan fingerprint density at radius 1 is 0.300 bits per heavy atom. The Balaban J connectivity index is 1.09. The fraction of sp³-hybridized carbons (Fsp3) is 0.0294. The standard InChI is InChI=1S/C68H43NO/c1-3-19-44(20-4-1)45-35-37-47(38-36-45)69(48-39-40-54-53-27-11-17-33-61(53)68(62(54)43-48)59-31-15-9-25-51(59)52-26-10-16-32-60(52)68)63-42-41-56-55-28-12-18-34-64(55)70-66(56)65(63)67(46-21-5-2-6-22-46)57-29-13-7-23-49(57)50-24-8-14-30-58(50)67/h1-43H. The smallest absolute Gasteiger partial charge is 0.142 e. The molecule has 15 rings (SSSR count). The number of anilines is 3. The van der Waals surface area contributed by atoms with Crippen LogP contribution in [-0.4, -0.2) is 0 Å². The molecule has 11 aromatic carbocycles. The van der Waals surface area contributed by atoms with Crippen LogP contribution in [0.5, 0.6) is 0 Å². The Hall–Kier alpha value is -8.98. The Morgan fingerprint density at radius 3 is 1.31 bits per heavy atom. The summed E-state index contributed by atoms with van der Waals surface area (Å²) in [4.78, 5) is 2.52. The summed E-state index contributed by atoms with van der Waals surface area (Å²) in [6, 6.07) is 96.7. The van der Waals surface area contributed by atoms with Crippen LogP contribution in [0, 0.1) is 0 Å². The lowest BCUT2D eigenvalue weighted by Gasteiger charge is -2.38. The molecule has 1 aromatic heterocycles. The lowest BCUT2D eigenvalue weighted by molar-refractivity contribution is 0.648. The molecule has 3 aliphatic rings. The molecule has 0 aliphatic heterocycles. The minimum atomic E-state index is -0.781. The second-order valence-corrected chi connectivity index (χ2v) is 19.0. The first-order chi connectivity index (χ1) is 34.7. The van der Waals surface area contributed by atoms with Crippen LogP contribution in [0.2, 0.25) is 0 Å². The summed E-state index contributed by atoms with van der Waals surface area (Å²) in [6.45, 7) is 0. The largest absolute Gasteiger partial charge is 0.456 e. The van der Waals surface area contributed by atoms with Crippen molar-refractivity contribution in [2.45, 2.75) is 10.8 Å². The predicted octanol–water partition coefficient (Wildman–Crippen LogP) is 17.4. The van der Waals surface area contributed by atoms with Gasteiger partial charge in [-0.1, -0.05) is 218 Å². The Morgan fingerprint density at radius 2 is 0.743 bits per heavy atom. The van der Waals surface area contributed by atoms with E-state index in [1.54, 1.807) is 0 Å². The Bertz CT molecular complexity index is 3960. The molecule has 0 N–H and O–H groups in total. The molecule has 0 saturated heterocycles. The minimum absolute atomic E-state index is 0.516. The minimum Gasteiger partial charge on any atom is -0.456 e. The average Bonchev–Trinajstić information content (AvgIpc) is 4.15. The molecule has 0 bridgehead atoms. The normalized spacial score (nSPS) is 13.9. The third-order valence-corrected chi connectivity index (χ3v) is 15.8. The van der Waals surface area contributed by atoms with Gasteiger partial charge in [0.25, 0.3) is 0 Å². The first-order valence-electron chi connectivity index (χ1n) is 24.3. The maximum absolute atomic E-state index is 7.36. The second-order valence-electron chi connectivity index (χ2n) is 19.0. The molecule has 70 heavy (non-hydrogen) atoms. The number of rotatable bonds is 6. The first-order valence-corrected chi connectivity index (χ1v) is 24.3. The van der Waals surface area contributed by atoms with Crippen LogP contribution in [-0.2, 0) is 10.8 Å². The summed E-state index contributed by atoms with van der Waals surface area (Å²) in [5.41, 5.74) is 23.6. The fourth-order valence-electron chi connectivity index (χ4n) is 13.1. The second kappa shape index (κ2) is 14.8. The summed E-state index contributed by atoms with van der Waals surface area (Å²) < 4.78 is 7.36. The molecule has 1 heterocycles. The van der Waals surface area contributed by atoms with Crippen molar-refractivity contribution in [1.82, 2.24) is 0 Å². The van der Waals surface area contributed by atoms with E-state index in [1.165, 1.54) is 83.5 Å². The topological polar surface area (TPSA) is 16.4 Å². The molecule has 0 saturated carbocycles. The molecule has 0 atom stereocenters. The third-order valence-electron chi connectivity index (χ3n) is 15.8. The van der Waals surface area contributed by atoms with Crippen LogP contribution < -0.4 is 4.90 Å². The van der Waals surface area contributed by atoms with Gasteiger partial charge in [-0.05, 0) is 126 Å². The molecule has 0 radical (unpaired) electrons. The highest BCUT2D eigenvalue weighted by Crippen LogP contribution is 2.65. The van der Waals surface area contributed by atoms with E-state index in [4.69, 9.17) is 4.42 Å². The van der Waals surface area contributed by atoms with Gasteiger partial charge in [0.1, 0.15) is 11.2 Å². The zero-order chi connectivity index (χ0) is 46.0. The van der Waals surface area contributed by atoms with Crippen LogP contribution in [0.4, 0.5) is 17.1 Å². The van der Waals surface area contributed by atoms with E-state index < -0.39 is 10.8 Å². The Kier molecular flexibility index (Phi) is 8.24. The van der Waals surface area contributed by atoms with Gasteiger partial charge in [-0.2, -0.15) is 0 Å². The maximum atomic E-state index is 7.36. The number of benzene rings is 11. The lowest BCUT2D eigenvalue weighted by Crippen LogP contribution is -2.31. The van der Waals surface area contributed by atoms with Crippen molar-refractivity contribution in [3.05, 3.63) is 305 Å². The van der Waals surface area contributed by atoms with E-state index in [0.29, 0.717) is 0 Å². The fourth-order valence-corrected chi connectivity index (χ4v) is 13.1. The summed E-state index contributed by atoms with van der Waals surface area (Å²) in [7, 11) is 0. The molecule has 1 spiro atoms. The number of furan rings is 1. The highest BCUT2D eigenvalue weighted by molar-refractivity contribution is 6.10. The van der Waals surface area contributed by atoms with Crippen LogP contribution in [0.3, 0.4) is 0 Å². The van der Waals surface area contributed by atoms with Crippen LogP contribution >= 0.6 is 0 Å². The van der Waals surface area contributed by atoms with Crippen molar-refractivity contribution in [2.75, 3.05) is 4.90 Å². The van der Waals surface area contributed by atoms with E-state index in [2.05, 4.69) is 266 Å². The number of hydrogen-bond donors (Lipinski definition) is 0. The van der Waals surface area contributed by atoms with Gasteiger partial charge in [0.2, 0.25) is 0 Å². The number of nitrogens with zero attached hydrogens (tertiary/aromatic N) is 1. The molecular formula is C68H43NO. The summed E-state index contributed by atoms with van der Waals surface area (Å²) in [5, 5.41) is 2.19. The van der Waals surface area contributed by atoms with E-state index in [9.17, 15) is 0 Å². The molecule has 2 nitrogen and oxygen atoms in total. The van der Waals surface area contributed by atoms with Gasteiger partial charge >= 0.3 is 0 Å². The van der Waals surface area contributed by atoms with E-state index >= 15 is 0 Å². The van der Waals surface area contributed by atoms with Crippen molar-refractivity contribution >= 4 is 39.0 Å². The van der Waals surface area contributed by atoms with Gasteiger partial charge in [-0.15, -0.1) is 0 Å². The molecule has 3 aliphatic carbocycles. The van der Waals surface area contributed by atoms with Crippen molar-refractivity contribution in [3.63, 3.8) is 0 Å². The van der Waals surface area contributed by atoms with Crippen molar-refractivity contribution in [2.24, 2.45) is 0 Å². The van der Waals surface area contributed by atoms with Crippen LogP contribution in [0.1, 0.15) is 44.5 Å². The van der Waals surface area contributed by atoms with Gasteiger partial charge in [0, 0.05) is 27.7 Å². The van der Waals surface area contributed by atoms with Gasteiger partial charge in [-0.25, -0.2) is 0 Å². The predicted molar refractivity (Wildman–Crippen MR) is 287 cm³/mol. The van der Waals surface area contributed by atoms with Gasteiger partial charge in [0.05, 0.1) is 16.5 Å². The summed E-state index contributed by atoms with van der Waals surface area (Å²) in [6.07, 6.45) is 0. The monoisotopic (exact) mass is 889 g/mol. The zero-order valence-corrected chi connectivity index (χ0v) is 38.2. The summed E-state index contributed by atoms with van der Waals surface area (Å²) >= 11 is 0. The number of hydrogen-bond acceptors (Lipinski definition) is 2. The van der Waals surface area contributed by atoms with Crippen molar-refractivity contribution in [1.29, 1.82) is 0 Å². The SMILES string of the molecule is c1ccc(-c2ccc(N(c3ccc4c(c3)C3(c5ccccc5-c5ccccc53)c3ccccc3-4)c3ccc4c(oc5ccccc54)c3C3(c4ccccc4)c4ccccc4-c4ccccc43)cc2)cc1. The van der Waals surface area contributed by atoms with Gasteiger partial charge in [0.15, 0.2) is 0 Å². The number of fused-ring (bicyclic) bond motifs is 16. The molecule has 2 heteroatoms. The van der Waals surface area contributed by atoms with Crippen molar-refractivity contribution < 1.29 is 4.42 Å². The van der Waals surface area contributed by atoms with Crippen molar-refractivity contribution in [3.8, 4) is 44.5 Å². The van der Waals surface area contributed by atoms with E-state index in [-0.39, 0.29) is 0 Å². The quantitative estimate of drug-likeness (QED) is 0.165. The van der Waals surface area contributed by atoms with Gasteiger partial charge < -0.3 is 9.32 Å². The number of para-hydroxylation sites is 1. The van der Waals surface area contributed by atoms with E-state index in [1.807, 2.05) is 0 Å². The molecule has 0 fully saturated rings. The Labute approximate surface area is 407 Å². The highest BCUT2D eigenvalue weighted by Gasteiger charge is 2.53. The third kappa shape index (κ3) is 5.12. The lowest BCUT2D eigenvalue weighted by atomic mass is 9.66. The maximum Gasteiger partial charge on any atom is 0.142 e. The molecule has 0 unspecified atom stereocenters. The molecule has 0 amide bonds. The highest BCUT2D eigenvalue weighted by atomic mass is 16.3. The zero-order valence-electron chi connectivity index (χ0n) is 38.2. The molecule has 326 valence electrons.